The zero-order valence-corrected chi connectivity index (χ0v) is 22.2. The summed E-state index contributed by atoms with van der Waals surface area (Å²) in [6.07, 6.45) is -1.21. The Morgan fingerprint density at radius 3 is 2.30 bits per heavy atom. The number of methoxy groups -OCH3 is 1. The number of hydrogen-bond acceptors (Lipinski definition) is 6. The molecule has 0 bridgehead atoms. The van der Waals surface area contributed by atoms with Crippen molar-refractivity contribution in [2.75, 3.05) is 19.0 Å². The molecule has 7 nitrogen and oxygen atoms in total. The van der Waals surface area contributed by atoms with Crippen LogP contribution in [0.5, 0.6) is 11.5 Å². The highest BCUT2D eigenvalue weighted by Gasteiger charge is 2.28. The van der Waals surface area contributed by atoms with Crippen LogP contribution < -0.4 is 14.8 Å². The summed E-state index contributed by atoms with van der Waals surface area (Å²) >= 11 is 0. The number of esters is 1. The van der Waals surface area contributed by atoms with Crippen LogP contribution in [0.15, 0.2) is 109 Å². The van der Waals surface area contributed by atoms with E-state index >= 15 is 0 Å². The second-order valence-electron chi connectivity index (χ2n) is 8.92. The lowest BCUT2D eigenvalue weighted by atomic mass is 10.0. The van der Waals surface area contributed by atoms with Gasteiger partial charge in [-0.05, 0) is 55.5 Å². The summed E-state index contributed by atoms with van der Waals surface area (Å²) in [6, 6.07) is 32.5. The van der Waals surface area contributed by atoms with Gasteiger partial charge in [0.2, 0.25) is 6.10 Å². The van der Waals surface area contributed by atoms with Crippen LogP contribution in [0, 0.1) is 0 Å². The predicted molar refractivity (Wildman–Crippen MR) is 155 cm³/mol. The number of carbonyl (C=O) groups is 2. The maximum absolute atomic E-state index is 13.8. The van der Waals surface area contributed by atoms with E-state index in [1.807, 2.05) is 67.6 Å². The van der Waals surface area contributed by atoms with Gasteiger partial charge in [-0.3, -0.25) is 4.79 Å². The molecule has 40 heavy (non-hydrogen) atoms. The van der Waals surface area contributed by atoms with Gasteiger partial charge in [0.05, 0.1) is 36.2 Å². The Labute approximate surface area is 232 Å². The predicted octanol–water partition coefficient (Wildman–Crippen LogP) is 6.85. The van der Waals surface area contributed by atoms with Crippen molar-refractivity contribution in [1.29, 1.82) is 0 Å². The SMILES string of the molecule is CCOc1ccccc1NC(=O)C(OC(=O)c1cc(-c2ccc(OC)cc2)nc2ccccc12)c1ccccc1. The highest BCUT2D eigenvalue weighted by atomic mass is 16.5. The number of rotatable bonds is 9. The molecule has 0 aliphatic heterocycles. The first-order valence-electron chi connectivity index (χ1n) is 12.9. The standard InChI is InChI=1S/C33H28N2O5/c1-3-39-30-16-10-9-15-28(30)35-32(36)31(23-11-5-4-6-12-23)40-33(37)26-21-29(22-17-19-24(38-2)20-18-22)34-27-14-8-7-13-25(26)27/h4-21,31H,3H2,1-2H3,(H,35,36). The molecular weight excluding hydrogens is 504 g/mol. The molecule has 1 amide bonds. The average molecular weight is 533 g/mol. The highest BCUT2D eigenvalue weighted by molar-refractivity contribution is 6.06. The zero-order chi connectivity index (χ0) is 27.9. The maximum Gasteiger partial charge on any atom is 0.340 e. The van der Waals surface area contributed by atoms with E-state index in [1.165, 1.54) is 0 Å². The number of nitrogens with zero attached hydrogens (tertiary/aromatic N) is 1. The van der Waals surface area contributed by atoms with Gasteiger partial charge in [0.25, 0.3) is 5.91 Å². The summed E-state index contributed by atoms with van der Waals surface area (Å²) in [6.45, 7) is 2.31. The Bertz CT molecular complexity index is 1630. The second-order valence-corrected chi connectivity index (χ2v) is 8.92. The van der Waals surface area contributed by atoms with Gasteiger partial charge in [-0.1, -0.05) is 60.7 Å². The molecule has 1 heterocycles. The van der Waals surface area contributed by atoms with Crippen molar-refractivity contribution in [1.82, 2.24) is 4.98 Å². The van der Waals surface area contributed by atoms with Crippen LogP contribution in [0.3, 0.4) is 0 Å². The van der Waals surface area contributed by atoms with Gasteiger partial charge in [0.15, 0.2) is 0 Å². The first-order valence-corrected chi connectivity index (χ1v) is 12.9. The lowest BCUT2D eigenvalue weighted by Crippen LogP contribution is -2.26. The largest absolute Gasteiger partial charge is 0.497 e. The van der Waals surface area contributed by atoms with Gasteiger partial charge in [-0.15, -0.1) is 0 Å². The second kappa shape index (κ2) is 12.1. The molecule has 0 saturated heterocycles. The Morgan fingerprint density at radius 1 is 0.850 bits per heavy atom. The summed E-state index contributed by atoms with van der Waals surface area (Å²) in [5.74, 6) is 0.100. The molecule has 0 aliphatic rings. The fraction of sp³-hybridized carbons (Fsp3) is 0.121. The van der Waals surface area contributed by atoms with Crippen LogP contribution in [0.1, 0.15) is 28.9 Å². The quantitative estimate of drug-likeness (QED) is 0.209. The van der Waals surface area contributed by atoms with Crippen LogP contribution >= 0.6 is 0 Å². The first-order chi connectivity index (χ1) is 19.6. The molecule has 1 unspecified atom stereocenters. The normalized spacial score (nSPS) is 11.4. The van der Waals surface area contributed by atoms with E-state index in [0.29, 0.717) is 51.5 Å². The van der Waals surface area contributed by atoms with Crippen molar-refractivity contribution < 1.29 is 23.8 Å². The van der Waals surface area contributed by atoms with E-state index in [2.05, 4.69) is 5.32 Å². The van der Waals surface area contributed by atoms with Crippen LogP contribution in [0.4, 0.5) is 5.69 Å². The molecule has 1 aromatic heterocycles. The monoisotopic (exact) mass is 532 g/mol. The fourth-order valence-electron chi connectivity index (χ4n) is 4.37. The van der Waals surface area contributed by atoms with Crippen LogP contribution in [-0.4, -0.2) is 30.6 Å². The molecule has 5 aromatic rings. The van der Waals surface area contributed by atoms with Crippen molar-refractivity contribution in [2.45, 2.75) is 13.0 Å². The summed E-state index contributed by atoms with van der Waals surface area (Å²) in [7, 11) is 1.60. The van der Waals surface area contributed by atoms with Crippen molar-refractivity contribution in [3.05, 3.63) is 120 Å². The molecular formula is C33H28N2O5. The van der Waals surface area contributed by atoms with E-state index in [0.717, 1.165) is 5.56 Å². The molecule has 0 fully saturated rings. The number of pyridine rings is 1. The molecule has 5 rings (SSSR count). The number of amides is 1. The van der Waals surface area contributed by atoms with Gasteiger partial charge < -0.3 is 19.5 Å². The third-order valence-corrected chi connectivity index (χ3v) is 6.33. The van der Waals surface area contributed by atoms with Crippen molar-refractivity contribution >= 4 is 28.5 Å². The van der Waals surface area contributed by atoms with E-state index in [-0.39, 0.29) is 0 Å². The summed E-state index contributed by atoms with van der Waals surface area (Å²) < 4.78 is 16.9. The number of aromatic nitrogens is 1. The Kier molecular flexibility index (Phi) is 8.02. The molecule has 7 heteroatoms. The highest BCUT2D eigenvalue weighted by Crippen LogP contribution is 2.30. The molecule has 0 aliphatic carbocycles. The minimum atomic E-state index is -1.21. The summed E-state index contributed by atoms with van der Waals surface area (Å²) in [5.41, 5.74) is 3.37. The molecule has 1 atom stereocenters. The Hall–Kier alpha value is -5.17. The number of para-hydroxylation sites is 3. The molecule has 0 spiro atoms. The van der Waals surface area contributed by atoms with Crippen molar-refractivity contribution in [3.63, 3.8) is 0 Å². The smallest absolute Gasteiger partial charge is 0.340 e. The van der Waals surface area contributed by atoms with Gasteiger partial charge in [-0.25, -0.2) is 9.78 Å². The Morgan fingerprint density at radius 2 is 1.55 bits per heavy atom. The molecule has 0 saturated carbocycles. The third kappa shape index (κ3) is 5.78. The average Bonchev–Trinajstić information content (AvgIpc) is 3.00. The van der Waals surface area contributed by atoms with Crippen LogP contribution in [0.2, 0.25) is 0 Å². The lowest BCUT2D eigenvalue weighted by molar-refractivity contribution is -0.125. The maximum atomic E-state index is 13.8. The van der Waals surface area contributed by atoms with Crippen molar-refractivity contribution in [2.24, 2.45) is 0 Å². The van der Waals surface area contributed by atoms with Gasteiger partial charge >= 0.3 is 5.97 Å². The summed E-state index contributed by atoms with van der Waals surface area (Å²) in [4.78, 5) is 32.1. The lowest BCUT2D eigenvalue weighted by Gasteiger charge is -2.20. The Balaban J connectivity index is 1.51. The van der Waals surface area contributed by atoms with Gasteiger partial charge in [-0.2, -0.15) is 0 Å². The topological polar surface area (TPSA) is 86.8 Å². The fourth-order valence-corrected chi connectivity index (χ4v) is 4.37. The van der Waals surface area contributed by atoms with Gasteiger partial charge in [0.1, 0.15) is 11.5 Å². The van der Waals surface area contributed by atoms with Gasteiger partial charge in [0, 0.05) is 16.5 Å². The number of nitrogens with one attached hydrogen (secondary N) is 1. The minimum absolute atomic E-state index is 0.305. The third-order valence-electron chi connectivity index (χ3n) is 6.33. The zero-order valence-electron chi connectivity index (χ0n) is 22.2. The van der Waals surface area contributed by atoms with Crippen LogP contribution in [-0.2, 0) is 9.53 Å². The first kappa shape index (κ1) is 26.4. The minimum Gasteiger partial charge on any atom is -0.497 e. The molecule has 4 aromatic carbocycles. The van der Waals surface area contributed by atoms with E-state index in [9.17, 15) is 9.59 Å². The molecule has 1 N–H and O–H groups in total. The number of anilines is 1. The molecule has 200 valence electrons. The van der Waals surface area contributed by atoms with E-state index in [4.69, 9.17) is 19.2 Å². The number of ether oxygens (including phenoxy) is 3. The summed E-state index contributed by atoms with van der Waals surface area (Å²) in [5, 5.41) is 3.49. The number of fused-ring (bicyclic) bond motifs is 1. The number of hydrogen-bond donors (Lipinski definition) is 1. The van der Waals surface area contributed by atoms with Crippen molar-refractivity contribution in [3.8, 4) is 22.8 Å². The number of carbonyl (C=O) groups excluding carboxylic acids is 2. The van der Waals surface area contributed by atoms with E-state index < -0.39 is 18.0 Å². The van der Waals surface area contributed by atoms with Crippen LogP contribution in [0.25, 0.3) is 22.2 Å². The number of benzene rings is 4. The molecule has 0 radical (unpaired) electrons. The van der Waals surface area contributed by atoms with E-state index in [1.54, 1.807) is 55.6 Å².